The second kappa shape index (κ2) is 6.08. The van der Waals surface area contributed by atoms with Gasteiger partial charge in [-0.05, 0) is 48.4 Å². The highest BCUT2D eigenvalue weighted by Gasteiger charge is 2.30. The Kier molecular flexibility index (Phi) is 3.74. The highest BCUT2D eigenvalue weighted by Crippen LogP contribution is 2.41. The minimum Gasteiger partial charge on any atom is -0.508 e. The molecule has 0 unspecified atom stereocenters. The lowest BCUT2D eigenvalue weighted by molar-refractivity contribution is -0.116. The number of carbonyl (C=O) groups is 1. The van der Waals surface area contributed by atoms with Gasteiger partial charge in [0, 0.05) is 23.7 Å². The third kappa shape index (κ3) is 2.62. The Hall–Kier alpha value is -3.52. The number of nitriles is 1. The van der Waals surface area contributed by atoms with Crippen molar-refractivity contribution in [3.63, 3.8) is 0 Å². The Bertz CT molecular complexity index is 1060. The average Bonchev–Trinajstić information content (AvgIpc) is 3.12. The molecule has 1 amide bonds. The maximum atomic E-state index is 12.1. The molecule has 5 heteroatoms. The van der Waals surface area contributed by atoms with Crippen LogP contribution in [0.25, 0.3) is 11.3 Å². The summed E-state index contributed by atoms with van der Waals surface area (Å²) < 4.78 is 6.03. The van der Waals surface area contributed by atoms with Crippen molar-refractivity contribution in [1.82, 2.24) is 0 Å². The number of hydrogen-bond donors (Lipinski definition) is 2. The van der Waals surface area contributed by atoms with Crippen molar-refractivity contribution in [3.8, 4) is 23.1 Å². The zero-order chi connectivity index (χ0) is 18.3. The number of phenolic OH excluding ortho intramolecular Hbond substituents is 1. The predicted molar refractivity (Wildman–Crippen MR) is 96.8 cm³/mol. The maximum Gasteiger partial charge on any atom is 0.225 e. The highest BCUT2D eigenvalue weighted by atomic mass is 16.3. The molecule has 26 heavy (non-hydrogen) atoms. The fourth-order valence-corrected chi connectivity index (χ4v) is 3.35. The topological polar surface area (TPSA) is 86.3 Å². The summed E-state index contributed by atoms with van der Waals surface area (Å²) in [6, 6.07) is 16.5. The van der Waals surface area contributed by atoms with Crippen molar-refractivity contribution >= 4 is 11.6 Å². The quantitative estimate of drug-likeness (QED) is 0.725. The van der Waals surface area contributed by atoms with Gasteiger partial charge in [0.1, 0.15) is 17.3 Å². The standard InChI is InChI=1S/C21H16N2O3/c1-12-8-15-16(9-21(25)23-17(15)10-18(12)24)20-7-6-19(26-20)14-5-3-2-4-13(14)11-22/h2-8,10,16,24H,9H2,1H3,(H,23,25)/t16-/m0/s1. The van der Waals surface area contributed by atoms with Gasteiger partial charge in [0.05, 0.1) is 17.6 Å². The van der Waals surface area contributed by atoms with Gasteiger partial charge in [0.15, 0.2) is 0 Å². The molecule has 3 aromatic rings. The van der Waals surface area contributed by atoms with E-state index < -0.39 is 0 Å². The third-order valence-corrected chi connectivity index (χ3v) is 4.69. The van der Waals surface area contributed by atoms with Crippen molar-refractivity contribution in [3.05, 3.63) is 71.0 Å². The molecule has 1 aliphatic heterocycles. The van der Waals surface area contributed by atoms with Crippen molar-refractivity contribution in [2.75, 3.05) is 5.32 Å². The first-order chi connectivity index (χ1) is 12.6. The molecule has 0 fully saturated rings. The Morgan fingerprint density at radius 3 is 2.85 bits per heavy atom. The molecule has 0 spiro atoms. The second-order valence-electron chi connectivity index (χ2n) is 6.39. The van der Waals surface area contributed by atoms with Gasteiger partial charge in [0.25, 0.3) is 0 Å². The molecule has 0 saturated carbocycles. The van der Waals surface area contributed by atoms with Gasteiger partial charge in [-0.2, -0.15) is 5.26 Å². The van der Waals surface area contributed by atoms with E-state index >= 15 is 0 Å². The van der Waals surface area contributed by atoms with E-state index in [0.29, 0.717) is 22.8 Å². The van der Waals surface area contributed by atoms with Crippen molar-refractivity contribution < 1.29 is 14.3 Å². The summed E-state index contributed by atoms with van der Waals surface area (Å²) in [5.74, 6) is 1.05. The fraction of sp³-hybridized carbons (Fsp3) is 0.143. The molecule has 0 radical (unpaired) electrons. The van der Waals surface area contributed by atoms with E-state index in [2.05, 4.69) is 11.4 Å². The molecule has 5 nitrogen and oxygen atoms in total. The number of rotatable bonds is 2. The van der Waals surface area contributed by atoms with Crippen LogP contribution in [0.1, 0.15) is 34.8 Å². The first-order valence-electron chi connectivity index (χ1n) is 8.29. The number of nitrogens with zero attached hydrogens (tertiary/aromatic N) is 1. The molecule has 1 aromatic heterocycles. The van der Waals surface area contributed by atoms with E-state index in [1.807, 2.05) is 43.3 Å². The lowest BCUT2D eigenvalue weighted by Crippen LogP contribution is -2.23. The average molecular weight is 344 g/mol. The SMILES string of the molecule is Cc1cc2c(cc1O)NC(=O)C[C@@H]2c1ccc(-c2ccccc2C#N)o1. The molecule has 128 valence electrons. The number of furan rings is 1. The Labute approximate surface area is 150 Å². The molecule has 0 aliphatic carbocycles. The van der Waals surface area contributed by atoms with Crippen LogP contribution in [0.4, 0.5) is 5.69 Å². The number of benzene rings is 2. The number of nitrogens with one attached hydrogen (secondary N) is 1. The fourth-order valence-electron chi connectivity index (χ4n) is 3.35. The van der Waals surface area contributed by atoms with Gasteiger partial charge in [0.2, 0.25) is 5.91 Å². The summed E-state index contributed by atoms with van der Waals surface area (Å²) in [5, 5.41) is 22.0. The van der Waals surface area contributed by atoms with E-state index in [0.717, 1.165) is 16.7 Å². The number of phenols is 1. The second-order valence-corrected chi connectivity index (χ2v) is 6.39. The van der Waals surface area contributed by atoms with Gasteiger partial charge < -0.3 is 14.8 Å². The number of aromatic hydroxyl groups is 1. The van der Waals surface area contributed by atoms with Crippen molar-refractivity contribution in [2.45, 2.75) is 19.3 Å². The largest absolute Gasteiger partial charge is 0.508 e. The van der Waals surface area contributed by atoms with Crippen LogP contribution in [0.2, 0.25) is 0 Å². The van der Waals surface area contributed by atoms with Crippen molar-refractivity contribution in [1.29, 1.82) is 5.26 Å². The van der Waals surface area contributed by atoms with Crippen LogP contribution in [0, 0.1) is 18.3 Å². The number of carbonyl (C=O) groups excluding carboxylic acids is 1. The highest BCUT2D eigenvalue weighted by molar-refractivity contribution is 5.95. The smallest absolute Gasteiger partial charge is 0.225 e. The lowest BCUT2D eigenvalue weighted by Gasteiger charge is -2.25. The third-order valence-electron chi connectivity index (χ3n) is 4.69. The molecular formula is C21H16N2O3. The van der Waals surface area contributed by atoms with E-state index in [1.54, 1.807) is 12.1 Å². The summed E-state index contributed by atoms with van der Waals surface area (Å²) in [6.07, 6.45) is 0.268. The van der Waals surface area contributed by atoms with Crippen molar-refractivity contribution in [2.24, 2.45) is 0 Å². The first kappa shape index (κ1) is 16.0. The number of aryl methyl sites for hydroxylation is 1. The van der Waals surface area contributed by atoms with Crippen LogP contribution in [0.15, 0.2) is 52.9 Å². The van der Waals surface area contributed by atoms with Crippen LogP contribution in [0.5, 0.6) is 5.75 Å². The monoisotopic (exact) mass is 344 g/mol. The number of hydrogen-bond acceptors (Lipinski definition) is 4. The van der Waals surface area contributed by atoms with E-state index in [1.165, 1.54) is 0 Å². The molecule has 2 N–H and O–H groups in total. The zero-order valence-electron chi connectivity index (χ0n) is 14.1. The maximum absolute atomic E-state index is 12.1. The lowest BCUT2D eigenvalue weighted by atomic mass is 9.87. The summed E-state index contributed by atoms with van der Waals surface area (Å²) in [5.41, 5.74) is 3.52. The molecule has 1 atom stereocenters. The van der Waals surface area contributed by atoms with Gasteiger partial charge in [-0.25, -0.2) is 0 Å². The molecule has 0 saturated heterocycles. The van der Waals surface area contributed by atoms with Crippen LogP contribution in [0.3, 0.4) is 0 Å². The molecule has 2 aromatic carbocycles. The summed E-state index contributed by atoms with van der Waals surface area (Å²) in [6.45, 7) is 1.82. The van der Waals surface area contributed by atoms with Crippen LogP contribution in [-0.2, 0) is 4.79 Å². The number of amides is 1. The van der Waals surface area contributed by atoms with Gasteiger partial charge in [-0.3, -0.25) is 4.79 Å². The number of anilines is 1. The summed E-state index contributed by atoms with van der Waals surface area (Å²) in [4.78, 5) is 12.1. The first-order valence-corrected chi connectivity index (χ1v) is 8.29. The Morgan fingerprint density at radius 1 is 1.23 bits per heavy atom. The van der Waals surface area contributed by atoms with Gasteiger partial charge in [-0.1, -0.05) is 12.1 Å². The molecule has 4 rings (SSSR count). The van der Waals surface area contributed by atoms with Crippen LogP contribution in [-0.4, -0.2) is 11.0 Å². The van der Waals surface area contributed by atoms with E-state index in [9.17, 15) is 15.2 Å². The van der Waals surface area contributed by atoms with E-state index in [-0.39, 0.29) is 24.0 Å². The summed E-state index contributed by atoms with van der Waals surface area (Å²) in [7, 11) is 0. The minimum atomic E-state index is -0.235. The van der Waals surface area contributed by atoms with Gasteiger partial charge in [-0.15, -0.1) is 0 Å². The minimum absolute atomic E-state index is 0.124. The molecule has 2 heterocycles. The van der Waals surface area contributed by atoms with Crippen LogP contribution < -0.4 is 5.32 Å². The summed E-state index contributed by atoms with van der Waals surface area (Å²) >= 11 is 0. The Morgan fingerprint density at radius 2 is 2.04 bits per heavy atom. The normalized spacial score (nSPS) is 15.8. The molecule has 0 bridgehead atoms. The number of fused-ring (bicyclic) bond motifs is 1. The van der Waals surface area contributed by atoms with Crippen LogP contribution >= 0.6 is 0 Å². The Balaban J connectivity index is 1.79. The predicted octanol–water partition coefficient (Wildman–Crippen LogP) is 4.31. The zero-order valence-corrected chi connectivity index (χ0v) is 14.1. The molecule has 1 aliphatic rings. The molecular weight excluding hydrogens is 328 g/mol. The van der Waals surface area contributed by atoms with E-state index in [4.69, 9.17) is 4.42 Å². The van der Waals surface area contributed by atoms with Gasteiger partial charge >= 0.3 is 0 Å².